The van der Waals surface area contributed by atoms with Crippen LogP contribution in [0.15, 0.2) is 24.3 Å². The largest absolute Gasteiger partial charge is 0.466 e. The van der Waals surface area contributed by atoms with E-state index in [0.29, 0.717) is 24.6 Å². The molecule has 2 rings (SSSR count). The van der Waals surface area contributed by atoms with Crippen molar-refractivity contribution in [2.75, 3.05) is 31.6 Å². The smallest absolute Gasteiger partial charge is 0.307 e. The summed E-state index contributed by atoms with van der Waals surface area (Å²) in [6.07, 6.45) is 6.90. The van der Waals surface area contributed by atoms with Crippen molar-refractivity contribution >= 4 is 17.9 Å². The van der Waals surface area contributed by atoms with Crippen LogP contribution >= 0.6 is 0 Å². The number of carbonyl (C=O) groups is 2. The maximum absolute atomic E-state index is 11.9. The number of anilines is 1. The Morgan fingerprint density at radius 2 is 2.04 bits per heavy atom. The van der Waals surface area contributed by atoms with Gasteiger partial charge < -0.3 is 10.1 Å². The minimum absolute atomic E-state index is 0.0857. The van der Waals surface area contributed by atoms with E-state index in [1.54, 1.807) is 0 Å². The molecule has 1 fully saturated rings. The molecule has 1 atom stereocenters. The number of benzene rings is 1. The van der Waals surface area contributed by atoms with Gasteiger partial charge in [0.25, 0.3) is 0 Å². The Bertz CT molecular complexity index is 541. The van der Waals surface area contributed by atoms with Crippen LogP contribution in [0.4, 0.5) is 5.69 Å². The maximum Gasteiger partial charge on any atom is 0.307 e. The first kappa shape index (κ1) is 19.4. The van der Waals surface area contributed by atoms with Gasteiger partial charge in [0.15, 0.2) is 6.29 Å². The van der Waals surface area contributed by atoms with Crippen molar-refractivity contribution in [1.29, 1.82) is 0 Å². The number of hydrogen-bond acceptors (Lipinski definition) is 5. The lowest BCUT2D eigenvalue weighted by molar-refractivity contribution is -0.144. The Morgan fingerprint density at radius 3 is 2.76 bits per heavy atom. The molecule has 5 nitrogen and oxygen atoms in total. The molecule has 0 aromatic heterocycles. The van der Waals surface area contributed by atoms with Crippen molar-refractivity contribution in [2.45, 2.75) is 51.5 Å². The molecule has 138 valence electrons. The highest BCUT2D eigenvalue weighted by Crippen LogP contribution is 2.20. The van der Waals surface area contributed by atoms with Gasteiger partial charge in [0, 0.05) is 23.8 Å². The van der Waals surface area contributed by atoms with Crippen LogP contribution in [0.3, 0.4) is 0 Å². The number of rotatable bonds is 11. The standard InChI is InChI=1S/C20H30N2O3/c1-2-25-20(24)15-18(22-13-7-8-14-22)10-5-6-12-21-19-11-4-3-9-17(19)16-23/h3-4,9,11,16,18,21H,2,5-8,10,12-15H2,1H3. The van der Waals surface area contributed by atoms with Gasteiger partial charge in [0.05, 0.1) is 13.0 Å². The van der Waals surface area contributed by atoms with Crippen molar-refractivity contribution < 1.29 is 14.3 Å². The Hall–Kier alpha value is -1.88. The van der Waals surface area contributed by atoms with E-state index in [1.807, 2.05) is 31.2 Å². The second-order valence-electron chi connectivity index (χ2n) is 6.53. The summed E-state index contributed by atoms with van der Waals surface area (Å²) in [6, 6.07) is 7.84. The maximum atomic E-state index is 11.9. The minimum Gasteiger partial charge on any atom is -0.466 e. The fourth-order valence-corrected chi connectivity index (χ4v) is 3.42. The van der Waals surface area contributed by atoms with Crippen molar-refractivity contribution in [3.63, 3.8) is 0 Å². The molecule has 1 heterocycles. The molecule has 1 aromatic rings. The monoisotopic (exact) mass is 346 g/mol. The molecule has 0 bridgehead atoms. The van der Waals surface area contributed by atoms with E-state index in [4.69, 9.17) is 4.74 Å². The predicted octanol–water partition coefficient (Wildman–Crippen LogP) is 3.50. The van der Waals surface area contributed by atoms with E-state index in [1.165, 1.54) is 12.8 Å². The van der Waals surface area contributed by atoms with Crippen LogP contribution in [-0.4, -0.2) is 49.4 Å². The molecule has 25 heavy (non-hydrogen) atoms. The van der Waals surface area contributed by atoms with E-state index >= 15 is 0 Å². The molecular weight excluding hydrogens is 316 g/mol. The predicted molar refractivity (Wildman–Crippen MR) is 100 cm³/mol. The molecule has 0 radical (unpaired) electrons. The van der Waals surface area contributed by atoms with Crippen LogP contribution in [0.25, 0.3) is 0 Å². The summed E-state index contributed by atoms with van der Waals surface area (Å²) in [5.41, 5.74) is 1.58. The third-order valence-corrected chi connectivity index (χ3v) is 4.73. The molecule has 0 spiro atoms. The Labute approximate surface area is 150 Å². The lowest BCUT2D eigenvalue weighted by Crippen LogP contribution is -2.35. The van der Waals surface area contributed by atoms with Gasteiger partial charge in [-0.25, -0.2) is 0 Å². The number of nitrogens with zero attached hydrogens (tertiary/aromatic N) is 1. The second-order valence-corrected chi connectivity index (χ2v) is 6.53. The molecular formula is C20H30N2O3. The van der Waals surface area contributed by atoms with Crippen LogP contribution in [-0.2, 0) is 9.53 Å². The Kier molecular flexibility index (Phi) is 8.46. The summed E-state index contributed by atoms with van der Waals surface area (Å²) in [5, 5.41) is 3.33. The highest BCUT2D eigenvalue weighted by molar-refractivity contribution is 5.83. The molecule has 1 aliphatic rings. The lowest BCUT2D eigenvalue weighted by atomic mass is 10.0. The molecule has 0 amide bonds. The second kappa shape index (κ2) is 10.9. The molecule has 1 aliphatic heterocycles. The Balaban J connectivity index is 1.74. The van der Waals surface area contributed by atoms with Gasteiger partial charge in [-0.3, -0.25) is 14.5 Å². The fraction of sp³-hybridized carbons (Fsp3) is 0.600. The third kappa shape index (κ3) is 6.50. The summed E-state index contributed by atoms with van der Waals surface area (Å²) in [4.78, 5) is 25.3. The van der Waals surface area contributed by atoms with Gasteiger partial charge in [-0.05, 0) is 57.8 Å². The zero-order valence-corrected chi connectivity index (χ0v) is 15.2. The van der Waals surface area contributed by atoms with Gasteiger partial charge in [-0.1, -0.05) is 18.6 Å². The van der Waals surface area contributed by atoms with Crippen LogP contribution in [0, 0.1) is 0 Å². The molecule has 5 heteroatoms. The van der Waals surface area contributed by atoms with Gasteiger partial charge in [0.2, 0.25) is 0 Å². The third-order valence-electron chi connectivity index (χ3n) is 4.73. The number of aldehydes is 1. The summed E-state index contributed by atoms with van der Waals surface area (Å²) in [5.74, 6) is -0.0857. The lowest BCUT2D eigenvalue weighted by Gasteiger charge is -2.26. The van der Waals surface area contributed by atoms with E-state index < -0.39 is 0 Å². The molecule has 0 saturated carbocycles. The average Bonchev–Trinajstić information content (AvgIpc) is 3.15. The van der Waals surface area contributed by atoms with Crippen molar-refractivity contribution in [2.24, 2.45) is 0 Å². The SMILES string of the molecule is CCOC(=O)CC(CCCCNc1ccccc1C=O)N1CCCC1. The summed E-state index contributed by atoms with van der Waals surface area (Å²) in [6.45, 7) is 5.32. The Morgan fingerprint density at radius 1 is 1.28 bits per heavy atom. The van der Waals surface area contributed by atoms with Crippen molar-refractivity contribution in [1.82, 2.24) is 4.90 Å². The minimum atomic E-state index is -0.0857. The highest BCUT2D eigenvalue weighted by Gasteiger charge is 2.24. The first-order valence-corrected chi connectivity index (χ1v) is 9.42. The fourth-order valence-electron chi connectivity index (χ4n) is 3.42. The average molecular weight is 346 g/mol. The normalized spacial score (nSPS) is 15.7. The summed E-state index contributed by atoms with van der Waals surface area (Å²) in [7, 11) is 0. The van der Waals surface area contributed by atoms with E-state index in [9.17, 15) is 9.59 Å². The number of para-hydroxylation sites is 1. The zero-order valence-electron chi connectivity index (χ0n) is 15.2. The quantitative estimate of drug-likeness (QED) is 0.377. The number of hydrogen-bond donors (Lipinski definition) is 1. The van der Waals surface area contributed by atoms with Crippen molar-refractivity contribution in [3.8, 4) is 0 Å². The number of likely N-dealkylation sites (tertiary alicyclic amines) is 1. The van der Waals surface area contributed by atoms with Gasteiger partial charge in [-0.15, -0.1) is 0 Å². The number of carbonyl (C=O) groups excluding carboxylic acids is 2. The number of nitrogens with one attached hydrogen (secondary N) is 1. The number of ether oxygens (including phenoxy) is 1. The number of esters is 1. The van der Waals surface area contributed by atoms with Crippen LogP contribution in [0.1, 0.15) is 55.8 Å². The van der Waals surface area contributed by atoms with E-state index in [-0.39, 0.29) is 5.97 Å². The topological polar surface area (TPSA) is 58.6 Å². The van der Waals surface area contributed by atoms with E-state index in [0.717, 1.165) is 50.9 Å². The van der Waals surface area contributed by atoms with Crippen LogP contribution in [0.5, 0.6) is 0 Å². The van der Waals surface area contributed by atoms with Crippen LogP contribution < -0.4 is 5.32 Å². The highest BCUT2D eigenvalue weighted by atomic mass is 16.5. The molecule has 1 unspecified atom stereocenters. The number of unbranched alkanes of at least 4 members (excludes halogenated alkanes) is 1. The molecule has 1 aromatic carbocycles. The first-order chi connectivity index (χ1) is 12.2. The zero-order chi connectivity index (χ0) is 17.9. The molecule has 0 aliphatic carbocycles. The van der Waals surface area contributed by atoms with Gasteiger partial charge in [-0.2, -0.15) is 0 Å². The summed E-state index contributed by atoms with van der Waals surface area (Å²) >= 11 is 0. The summed E-state index contributed by atoms with van der Waals surface area (Å²) < 4.78 is 5.13. The van der Waals surface area contributed by atoms with Gasteiger partial charge >= 0.3 is 5.97 Å². The molecule has 1 N–H and O–H groups in total. The van der Waals surface area contributed by atoms with E-state index in [2.05, 4.69) is 10.2 Å². The molecule has 1 saturated heterocycles. The van der Waals surface area contributed by atoms with Crippen LogP contribution in [0.2, 0.25) is 0 Å². The van der Waals surface area contributed by atoms with Gasteiger partial charge in [0.1, 0.15) is 0 Å². The first-order valence-electron chi connectivity index (χ1n) is 9.42. The van der Waals surface area contributed by atoms with Crippen molar-refractivity contribution in [3.05, 3.63) is 29.8 Å².